The molecule has 0 radical (unpaired) electrons. The van der Waals surface area contributed by atoms with Gasteiger partial charge in [-0.05, 0) is 63.1 Å². The molecular weight excluding hydrogens is 433 g/mol. The minimum Gasteiger partial charge on any atom is -0.316 e. The number of alkyl halides is 3. The molecule has 2 aromatic heterocycles. The number of amidine groups is 1. The molecule has 3 N–H and O–H groups in total. The van der Waals surface area contributed by atoms with Crippen molar-refractivity contribution < 1.29 is 18.0 Å². The van der Waals surface area contributed by atoms with Gasteiger partial charge in [-0.2, -0.15) is 18.3 Å². The molecule has 0 amide bonds. The molecule has 0 unspecified atom stereocenters. The van der Waals surface area contributed by atoms with Gasteiger partial charge in [0, 0.05) is 18.0 Å². The lowest BCUT2D eigenvalue weighted by Crippen LogP contribution is -2.24. The molecule has 33 heavy (non-hydrogen) atoms. The van der Waals surface area contributed by atoms with Gasteiger partial charge in [0.2, 0.25) is 0 Å². The summed E-state index contributed by atoms with van der Waals surface area (Å²) in [5, 5.41) is 17.8. The molecule has 1 atom stereocenters. The molecule has 0 spiro atoms. The van der Waals surface area contributed by atoms with Crippen LogP contribution in [0.1, 0.15) is 60.9 Å². The fourth-order valence-corrected chi connectivity index (χ4v) is 3.20. The van der Waals surface area contributed by atoms with Crippen LogP contribution in [0.2, 0.25) is 0 Å². The van der Waals surface area contributed by atoms with Crippen LogP contribution in [0, 0.1) is 18.3 Å². The Balaban J connectivity index is 2.50. The molecule has 0 saturated carbocycles. The normalized spacial score (nSPS) is 13.8. The van der Waals surface area contributed by atoms with Crippen LogP contribution >= 0.6 is 0 Å². The van der Waals surface area contributed by atoms with Gasteiger partial charge in [-0.1, -0.05) is 20.3 Å². The van der Waals surface area contributed by atoms with E-state index in [1.54, 1.807) is 6.07 Å². The van der Waals surface area contributed by atoms with Gasteiger partial charge in [0.1, 0.15) is 5.84 Å². The van der Waals surface area contributed by atoms with Crippen LogP contribution in [0.4, 0.5) is 13.2 Å². The number of pyridine rings is 1. The van der Waals surface area contributed by atoms with E-state index >= 15 is 0 Å². The van der Waals surface area contributed by atoms with E-state index in [1.807, 2.05) is 0 Å². The van der Waals surface area contributed by atoms with Crippen LogP contribution in [0.5, 0.6) is 0 Å². The number of aromatic amines is 1. The number of nitrogens with one attached hydrogen (secondary N) is 3. The molecule has 0 aliphatic heterocycles. The summed E-state index contributed by atoms with van der Waals surface area (Å²) in [6.07, 6.45) is 0.449. The topological polar surface area (TPSA) is 107 Å². The van der Waals surface area contributed by atoms with E-state index < -0.39 is 23.1 Å². The Morgan fingerprint density at radius 1 is 1.33 bits per heavy atom. The first-order chi connectivity index (χ1) is 15.5. The molecule has 2 heterocycles. The number of nitrogens with zero attached hydrogens (tertiary/aromatic N) is 3. The lowest BCUT2D eigenvalue weighted by molar-refractivity contribution is -0.138. The van der Waals surface area contributed by atoms with Crippen LogP contribution in [0.25, 0.3) is 0 Å². The Hall–Kier alpha value is -3.14. The average Bonchev–Trinajstić information content (AvgIpc) is 3.27. The molecule has 0 bridgehead atoms. The second kappa shape index (κ2) is 11.6. The van der Waals surface area contributed by atoms with Gasteiger partial charge in [0.25, 0.3) is 0 Å². The molecule has 178 valence electrons. The predicted octanol–water partition coefficient (Wildman–Crippen LogP) is 4.75. The molecule has 0 aliphatic carbocycles. The molecule has 0 fully saturated rings. The third kappa shape index (κ3) is 7.45. The third-order valence-electron chi connectivity index (χ3n) is 5.10. The summed E-state index contributed by atoms with van der Waals surface area (Å²) in [6, 6.07) is 2.70. The van der Waals surface area contributed by atoms with Crippen LogP contribution in [0.15, 0.2) is 41.2 Å². The number of rotatable bonds is 10. The fraction of sp³-hybridized carbons (Fsp3) is 0.435. The first kappa shape index (κ1) is 26.1. The zero-order chi connectivity index (χ0) is 24.6. The summed E-state index contributed by atoms with van der Waals surface area (Å²) >= 11 is 0. The highest BCUT2D eigenvalue weighted by Crippen LogP contribution is 2.34. The summed E-state index contributed by atoms with van der Waals surface area (Å²) in [5.74, 6) is -0.362. The second-order valence-corrected chi connectivity index (χ2v) is 7.83. The lowest BCUT2D eigenvalue weighted by atomic mass is 9.97. The molecular formula is C23H29F3N6O. The van der Waals surface area contributed by atoms with Crippen molar-refractivity contribution in [1.29, 1.82) is 5.41 Å². The summed E-state index contributed by atoms with van der Waals surface area (Å²) in [4.78, 5) is 21.0. The second-order valence-electron chi connectivity index (χ2n) is 7.83. The number of aliphatic imine (C=N–C) groups is 1. The van der Waals surface area contributed by atoms with Crippen molar-refractivity contribution in [3.05, 3.63) is 58.7 Å². The maximum Gasteiger partial charge on any atom is 0.418 e. The van der Waals surface area contributed by atoms with Crippen molar-refractivity contribution in [2.45, 2.75) is 46.7 Å². The minimum absolute atomic E-state index is 0.0127. The number of hydrogen-bond donors (Lipinski definition) is 3. The zero-order valence-corrected chi connectivity index (χ0v) is 19.2. The summed E-state index contributed by atoms with van der Waals surface area (Å²) in [5.41, 5.74) is -0.645. The van der Waals surface area contributed by atoms with Gasteiger partial charge in [0.15, 0.2) is 5.78 Å². The van der Waals surface area contributed by atoms with E-state index in [4.69, 9.17) is 5.41 Å². The molecule has 0 aliphatic rings. The number of aromatic nitrogens is 3. The monoisotopic (exact) mass is 462 g/mol. The third-order valence-corrected chi connectivity index (χ3v) is 5.10. The van der Waals surface area contributed by atoms with Gasteiger partial charge in [0.05, 0.1) is 22.7 Å². The SMILES string of the molecule is CC[C@@H](C)CNCCC(=C\C(=O)c1ccnc(C)c1C(F)(F)F)/C(=N\C(C)=N)c1ccn[nH]1. The van der Waals surface area contributed by atoms with Crippen molar-refractivity contribution in [3.8, 4) is 0 Å². The maximum atomic E-state index is 13.6. The molecule has 2 rings (SSSR count). The molecule has 0 saturated heterocycles. The summed E-state index contributed by atoms with van der Waals surface area (Å²) in [7, 11) is 0. The summed E-state index contributed by atoms with van der Waals surface area (Å²) in [6.45, 7) is 8.13. The highest BCUT2D eigenvalue weighted by atomic mass is 19.4. The van der Waals surface area contributed by atoms with Crippen LogP contribution in [-0.4, -0.2) is 45.6 Å². The zero-order valence-electron chi connectivity index (χ0n) is 19.2. The van der Waals surface area contributed by atoms with Gasteiger partial charge < -0.3 is 5.32 Å². The van der Waals surface area contributed by atoms with Crippen LogP contribution < -0.4 is 5.32 Å². The lowest BCUT2D eigenvalue weighted by Gasteiger charge is -2.15. The van der Waals surface area contributed by atoms with Gasteiger partial charge in [-0.15, -0.1) is 0 Å². The largest absolute Gasteiger partial charge is 0.418 e. The highest BCUT2D eigenvalue weighted by molar-refractivity contribution is 6.19. The maximum absolute atomic E-state index is 13.6. The number of hydrogen-bond acceptors (Lipinski definition) is 5. The number of aryl methyl sites for hydroxylation is 1. The number of H-pyrrole nitrogens is 1. The minimum atomic E-state index is -4.72. The van der Waals surface area contributed by atoms with Crippen molar-refractivity contribution in [2.75, 3.05) is 13.1 Å². The van der Waals surface area contributed by atoms with Gasteiger partial charge in [-0.25, -0.2) is 4.99 Å². The van der Waals surface area contributed by atoms with Gasteiger partial charge in [-0.3, -0.25) is 20.3 Å². The Morgan fingerprint density at radius 2 is 2.06 bits per heavy atom. The Morgan fingerprint density at radius 3 is 2.64 bits per heavy atom. The first-order valence-electron chi connectivity index (χ1n) is 10.7. The number of halogens is 3. The van der Waals surface area contributed by atoms with E-state index in [1.165, 1.54) is 26.2 Å². The average molecular weight is 463 g/mol. The predicted molar refractivity (Wildman–Crippen MR) is 122 cm³/mol. The smallest absolute Gasteiger partial charge is 0.316 e. The van der Waals surface area contributed by atoms with E-state index in [0.29, 0.717) is 30.2 Å². The van der Waals surface area contributed by atoms with E-state index in [2.05, 4.69) is 39.3 Å². The summed E-state index contributed by atoms with van der Waals surface area (Å²) < 4.78 is 40.9. The fourth-order valence-electron chi connectivity index (χ4n) is 3.20. The number of carbonyl (C=O) groups excluding carboxylic acids is 1. The van der Waals surface area contributed by atoms with Crippen LogP contribution in [-0.2, 0) is 6.18 Å². The first-order valence-corrected chi connectivity index (χ1v) is 10.7. The Bertz CT molecular complexity index is 1030. The van der Waals surface area contributed by atoms with E-state index in [9.17, 15) is 18.0 Å². The molecule has 0 aromatic carbocycles. The van der Waals surface area contributed by atoms with Crippen LogP contribution in [0.3, 0.4) is 0 Å². The van der Waals surface area contributed by atoms with Crippen molar-refractivity contribution in [1.82, 2.24) is 20.5 Å². The standard InChI is InChI=1S/C23H29F3N6O/c1-5-14(2)13-28-9-6-17(22(31-16(4)27)19-8-11-30-32-19)12-20(33)18-7-10-29-15(3)21(18)23(24,25)26/h7-8,10-12,14,27-28H,5-6,9,13H2,1-4H3,(H,30,32)/b17-12+,27-16?,31-22+/t14-/m1/s1. The molecule has 7 nitrogen and oxygen atoms in total. The quantitative estimate of drug-likeness (QED) is 0.156. The number of carbonyl (C=O) groups is 1. The molecule has 2 aromatic rings. The van der Waals surface area contributed by atoms with E-state index in [-0.39, 0.29) is 17.2 Å². The highest BCUT2D eigenvalue weighted by Gasteiger charge is 2.37. The van der Waals surface area contributed by atoms with Crippen molar-refractivity contribution in [2.24, 2.45) is 10.9 Å². The van der Waals surface area contributed by atoms with Gasteiger partial charge >= 0.3 is 6.18 Å². The molecule has 10 heteroatoms. The van der Waals surface area contributed by atoms with Crippen molar-refractivity contribution in [3.63, 3.8) is 0 Å². The number of ketones is 1. The Kier molecular flexibility index (Phi) is 9.22. The van der Waals surface area contributed by atoms with E-state index in [0.717, 1.165) is 25.1 Å². The Labute approximate surface area is 191 Å². The van der Waals surface area contributed by atoms with Crippen molar-refractivity contribution >= 4 is 17.3 Å². The number of allylic oxidation sites excluding steroid dienone is 1.